The van der Waals surface area contributed by atoms with Gasteiger partial charge in [-0.25, -0.2) is 0 Å². The normalized spacial score (nSPS) is 22.5. The van der Waals surface area contributed by atoms with Crippen LogP contribution < -0.4 is 14.8 Å². The molecule has 5 nitrogen and oxygen atoms in total. The van der Waals surface area contributed by atoms with Gasteiger partial charge in [0.2, 0.25) is 5.91 Å². The van der Waals surface area contributed by atoms with Crippen molar-refractivity contribution in [1.82, 2.24) is 4.98 Å². The average molecular weight is 438 g/mol. The number of rotatable bonds is 4. The number of aromatic nitrogens is 1. The second-order valence-corrected chi connectivity index (χ2v) is 8.64. The summed E-state index contributed by atoms with van der Waals surface area (Å²) in [6, 6.07) is 14.6. The molecule has 1 unspecified atom stereocenters. The standard InChI is InChI=1S/C25H24F2N2O3/c1-15(24(30)29-18-10-11-22-23(14-18)32-25(26,27)31-22)16-6-8-17(9-7-16)19-12-13-28-21-5-3-2-4-20(19)21/h2-5,10-17H,6-9H2,1H3,(H,29,30). The summed E-state index contributed by atoms with van der Waals surface area (Å²) < 4.78 is 35.3. The van der Waals surface area contributed by atoms with Gasteiger partial charge in [0.1, 0.15) is 0 Å². The van der Waals surface area contributed by atoms with Crippen molar-refractivity contribution in [1.29, 1.82) is 0 Å². The fourth-order valence-electron chi connectivity index (χ4n) is 4.90. The molecule has 2 aliphatic rings. The van der Waals surface area contributed by atoms with Crippen molar-refractivity contribution < 1.29 is 23.0 Å². The van der Waals surface area contributed by atoms with Crippen molar-refractivity contribution in [2.75, 3.05) is 5.32 Å². The molecule has 1 atom stereocenters. The first-order valence-electron chi connectivity index (χ1n) is 10.9. The van der Waals surface area contributed by atoms with Gasteiger partial charge < -0.3 is 14.8 Å². The second kappa shape index (κ2) is 8.04. The molecule has 3 aromatic rings. The lowest BCUT2D eigenvalue weighted by molar-refractivity contribution is -0.286. The molecule has 2 aromatic carbocycles. The van der Waals surface area contributed by atoms with E-state index in [9.17, 15) is 13.6 Å². The molecule has 1 amide bonds. The van der Waals surface area contributed by atoms with Crippen molar-refractivity contribution >= 4 is 22.5 Å². The number of para-hydroxylation sites is 1. The van der Waals surface area contributed by atoms with Crippen LogP contribution in [0.25, 0.3) is 10.9 Å². The maximum Gasteiger partial charge on any atom is 0.586 e. The number of carbonyl (C=O) groups excluding carboxylic acids is 1. The summed E-state index contributed by atoms with van der Waals surface area (Å²) in [6.07, 6.45) is 2.18. The third-order valence-electron chi connectivity index (χ3n) is 6.68. The lowest BCUT2D eigenvalue weighted by Crippen LogP contribution is -2.29. The van der Waals surface area contributed by atoms with Gasteiger partial charge in [0.05, 0.1) is 5.52 Å². The molecule has 7 heteroatoms. The molecule has 0 radical (unpaired) electrons. The third kappa shape index (κ3) is 3.99. The van der Waals surface area contributed by atoms with Gasteiger partial charge in [0, 0.05) is 29.3 Å². The molecule has 0 saturated heterocycles. The molecular weight excluding hydrogens is 414 g/mol. The number of hydrogen-bond donors (Lipinski definition) is 1. The predicted molar refractivity (Wildman–Crippen MR) is 117 cm³/mol. The van der Waals surface area contributed by atoms with Crippen molar-refractivity contribution in [3.63, 3.8) is 0 Å². The number of ether oxygens (including phenoxy) is 2. The number of pyridine rings is 1. The molecule has 32 heavy (non-hydrogen) atoms. The number of anilines is 1. The van der Waals surface area contributed by atoms with E-state index in [0.717, 1.165) is 31.2 Å². The predicted octanol–water partition coefficient (Wildman–Crippen LogP) is 6.10. The van der Waals surface area contributed by atoms with Gasteiger partial charge in [-0.2, -0.15) is 0 Å². The molecule has 0 spiro atoms. The average Bonchev–Trinajstić information content (AvgIpc) is 3.11. The minimum atomic E-state index is -3.67. The van der Waals surface area contributed by atoms with Gasteiger partial charge in [-0.15, -0.1) is 8.78 Å². The molecule has 2 heterocycles. The number of benzene rings is 2. The minimum Gasteiger partial charge on any atom is -0.395 e. The Morgan fingerprint density at radius 1 is 1.06 bits per heavy atom. The van der Waals surface area contributed by atoms with E-state index in [4.69, 9.17) is 0 Å². The van der Waals surface area contributed by atoms with Gasteiger partial charge in [0.25, 0.3) is 0 Å². The van der Waals surface area contributed by atoms with Crippen LogP contribution in [0.4, 0.5) is 14.5 Å². The number of nitrogens with one attached hydrogen (secondary N) is 1. The van der Waals surface area contributed by atoms with Crippen LogP contribution in [0.1, 0.15) is 44.1 Å². The first-order valence-corrected chi connectivity index (χ1v) is 10.9. The molecule has 5 rings (SSSR count). The zero-order chi connectivity index (χ0) is 22.3. The maximum atomic E-state index is 13.2. The van der Waals surface area contributed by atoms with E-state index in [-0.39, 0.29) is 29.2 Å². The van der Waals surface area contributed by atoms with E-state index in [1.165, 1.54) is 23.1 Å². The topological polar surface area (TPSA) is 60.5 Å². The Labute approximate surface area is 184 Å². The molecule has 1 aromatic heterocycles. The Morgan fingerprint density at radius 2 is 1.81 bits per heavy atom. The zero-order valence-corrected chi connectivity index (χ0v) is 17.7. The third-order valence-corrected chi connectivity index (χ3v) is 6.68. The van der Waals surface area contributed by atoms with E-state index in [1.54, 1.807) is 6.07 Å². The summed E-state index contributed by atoms with van der Waals surface area (Å²) in [4.78, 5) is 17.3. The largest absolute Gasteiger partial charge is 0.586 e. The molecular formula is C25H24F2N2O3. The maximum absolute atomic E-state index is 13.2. The van der Waals surface area contributed by atoms with Crippen LogP contribution in [0.15, 0.2) is 54.7 Å². The fourth-order valence-corrected chi connectivity index (χ4v) is 4.90. The highest BCUT2D eigenvalue weighted by Crippen LogP contribution is 2.43. The second-order valence-electron chi connectivity index (χ2n) is 8.64. The van der Waals surface area contributed by atoms with Crippen LogP contribution >= 0.6 is 0 Å². The quantitative estimate of drug-likeness (QED) is 0.534. The summed E-state index contributed by atoms with van der Waals surface area (Å²) in [5, 5.41) is 4.04. The van der Waals surface area contributed by atoms with Crippen LogP contribution in [0.5, 0.6) is 11.5 Å². The molecule has 1 aliphatic heterocycles. The van der Waals surface area contributed by atoms with Crippen molar-refractivity contribution in [3.05, 3.63) is 60.3 Å². The van der Waals surface area contributed by atoms with Crippen LogP contribution in [-0.4, -0.2) is 17.2 Å². The lowest BCUT2D eigenvalue weighted by Gasteiger charge is -2.32. The fraction of sp³-hybridized carbons (Fsp3) is 0.360. The van der Waals surface area contributed by atoms with E-state index in [0.29, 0.717) is 11.6 Å². The number of nitrogens with zero attached hydrogens (tertiary/aromatic N) is 1. The Kier molecular flexibility index (Phi) is 5.19. The first kappa shape index (κ1) is 20.7. The Balaban J connectivity index is 1.21. The molecule has 1 saturated carbocycles. The summed E-state index contributed by atoms with van der Waals surface area (Å²) in [5.41, 5.74) is 2.77. The van der Waals surface area contributed by atoms with Crippen LogP contribution in [-0.2, 0) is 4.79 Å². The molecule has 1 N–H and O–H groups in total. The number of hydrogen-bond acceptors (Lipinski definition) is 4. The van der Waals surface area contributed by atoms with E-state index < -0.39 is 6.29 Å². The number of halogens is 2. The van der Waals surface area contributed by atoms with Gasteiger partial charge >= 0.3 is 6.29 Å². The van der Waals surface area contributed by atoms with E-state index in [1.807, 2.05) is 31.3 Å². The monoisotopic (exact) mass is 438 g/mol. The van der Waals surface area contributed by atoms with Crippen molar-refractivity contribution in [2.45, 2.75) is 44.8 Å². The highest BCUT2D eigenvalue weighted by molar-refractivity contribution is 5.93. The molecule has 1 fully saturated rings. The minimum absolute atomic E-state index is 0.0389. The molecule has 0 bridgehead atoms. The lowest BCUT2D eigenvalue weighted by atomic mass is 9.73. The Bertz CT molecular complexity index is 1150. The van der Waals surface area contributed by atoms with Crippen LogP contribution in [0.3, 0.4) is 0 Å². The van der Waals surface area contributed by atoms with Gasteiger partial charge in [-0.1, -0.05) is 25.1 Å². The molecule has 166 valence electrons. The van der Waals surface area contributed by atoms with Gasteiger partial charge in [-0.05, 0) is 67.3 Å². The smallest absolute Gasteiger partial charge is 0.395 e. The first-order chi connectivity index (χ1) is 15.4. The number of carbonyl (C=O) groups is 1. The highest BCUT2D eigenvalue weighted by atomic mass is 19.3. The van der Waals surface area contributed by atoms with Crippen LogP contribution in [0.2, 0.25) is 0 Å². The van der Waals surface area contributed by atoms with E-state index in [2.05, 4.69) is 31.9 Å². The number of amides is 1. The van der Waals surface area contributed by atoms with Gasteiger partial charge in [-0.3, -0.25) is 9.78 Å². The van der Waals surface area contributed by atoms with Gasteiger partial charge in [0.15, 0.2) is 11.5 Å². The summed E-state index contributed by atoms with van der Waals surface area (Å²) in [5.74, 6) is 0.321. The zero-order valence-electron chi connectivity index (χ0n) is 17.7. The number of fused-ring (bicyclic) bond motifs is 2. The van der Waals surface area contributed by atoms with Crippen molar-refractivity contribution in [2.24, 2.45) is 11.8 Å². The summed E-state index contributed by atoms with van der Waals surface area (Å²) in [7, 11) is 0. The Morgan fingerprint density at radius 3 is 2.62 bits per heavy atom. The Hall–Kier alpha value is -3.22. The SMILES string of the molecule is CC(C(=O)Nc1ccc2c(c1)OC(F)(F)O2)C1CCC(c2ccnc3ccccc23)CC1. The summed E-state index contributed by atoms with van der Waals surface area (Å²) in [6.45, 7) is 1.93. The highest BCUT2D eigenvalue weighted by Gasteiger charge is 2.43. The van der Waals surface area contributed by atoms with E-state index >= 15 is 0 Å². The van der Waals surface area contributed by atoms with Crippen molar-refractivity contribution in [3.8, 4) is 11.5 Å². The van der Waals surface area contributed by atoms with Crippen LogP contribution in [0, 0.1) is 11.8 Å². The summed E-state index contributed by atoms with van der Waals surface area (Å²) >= 11 is 0. The number of alkyl halides is 2. The molecule has 1 aliphatic carbocycles.